The molecule has 0 N–H and O–H groups in total. The Labute approximate surface area is 119 Å². The predicted molar refractivity (Wildman–Crippen MR) is 73.1 cm³/mol. The summed E-state index contributed by atoms with van der Waals surface area (Å²) in [5, 5.41) is 0.342. The summed E-state index contributed by atoms with van der Waals surface area (Å²) < 4.78 is 28.0. The van der Waals surface area contributed by atoms with Crippen molar-refractivity contribution in [1.29, 1.82) is 0 Å². The van der Waals surface area contributed by atoms with Crippen molar-refractivity contribution >= 4 is 43.3 Å². The molecule has 1 aromatic rings. The number of alkyl halides is 1. The van der Waals surface area contributed by atoms with Gasteiger partial charge in [-0.15, -0.1) is 0 Å². The third-order valence-corrected chi connectivity index (χ3v) is 4.40. The van der Waals surface area contributed by atoms with Crippen molar-refractivity contribution in [3.8, 4) is 0 Å². The summed E-state index contributed by atoms with van der Waals surface area (Å²) in [4.78, 5) is 11.7. The van der Waals surface area contributed by atoms with Gasteiger partial charge in [0, 0.05) is 17.1 Å². The van der Waals surface area contributed by atoms with Crippen LogP contribution in [-0.2, 0) is 19.9 Å². The maximum absolute atomic E-state index is 11.6. The minimum absolute atomic E-state index is 0.105. The van der Waals surface area contributed by atoms with Crippen molar-refractivity contribution in [1.82, 2.24) is 0 Å². The highest BCUT2D eigenvalue weighted by Gasteiger charge is 2.21. The molecule has 1 aromatic carbocycles. The van der Waals surface area contributed by atoms with Crippen LogP contribution in [0.2, 0.25) is 5.02 Å². The van der Waals surface area contributed by atoms with Gasteiger partial charge in [0.25, 0.3) is 0 Å². The highest BCUT2D eigenvalue weighted by Crippen LogP contribution is 2.30. The van der Waals surface area contributed by atoms with Gasteiger partial charge in [-0.05, 0) is 19.1 Å². The standard InChI is InChI=1S/C11H12BrClO4S/c1-3-17-11(14)7-4-5-9(18(2,15)16)8(6-12)10(7)13/h4-5H,3,6H2,1-2H3. The third kappa shape index (κ3) is 3.24. The van der Waals surface area contributed by atoms with Gasteiger partial charge in [-0.2, -0.15) is 0 Å². The summed E-state index contributed by atoms with van der Waals surface area (Å²) in [6, 6.07) is 2.73. The summed E-state index contributed by atoms with van der Waals surface area (Å²) in [6.07, 6.45) is 1.09. The summed E-state index contributed by atoms with van der Waals surface area (Å²) in [6.45, 7) is 1.91. The minimum atomic E-state index is -3.39. The molecule has 0 aliphatic rings. The number of hydrogen-bond donors (Lipinski definition) is 0. The number of rotatable bonds is 4. The average molecular weight is 356 g/mol. The molecule has 0 aliphatic carbocycles. The summed E-state index contributed by atoms with van der Waals surface area (Å²) >= 11 is 9.23. The summed E-state index contributed by atoms with van der Waals surface area (Å²) in [5.41, 5.74) is 0.532. The van der Waals surface area contributed by atoms with Crippen LogP contribution in [0.3, 0.4) is 0 Å². The van der Waals surface area contributed by atoms with Crippen molar-refractivity contribution in [2.45, 2.75) is 17.1 Å². The molecule has 18 heavy (non-hydrogen) atoms. The van der Waals surface area contributed by atoms with E-state index in [2.05, 4.69) is 15.9 Å². The van der Waals surface area contributed by atoms with Crippen molar-refractivity contribution < 1.29 is 17.9 Å². The molecule has 7 heteroatoms. The van der Waals surface area contributed by atoms with E-state index in [0.29, 0.717) is 5.56 Å². The van der Waals surface area contributed by atoms with Crippen LogP contribution in [0.25, 0.3) is 0 Å². The SMILES string of the molecule is CCOC(=O)c1ccc(S(C)(=O)=O)c(CBr)c1Cl. The van der Waals surface area contributed by atoms with Crippen LogP contribution in [0.15, 0.2) is 17.0 Å². The lowest BCUT2D eigenvalue weighted by Gasteiger charge is -2.11. The molecule has 0 unspecified atom stereocenters. The van der Waals surface area contributed by atoms with E-state index in [4.69, 9.17) is 16.3 Å². The second kappa shape index (κ2) is 6.04. The fraction of sp³-hybridized carbons (Fsp3) is 0.364. The van der Waals surface area contributed by atoms with Crippen molar-refractivity contribution in [3.05, 3.63) is 28.3 Å². The van der Waals surface area contributed by atoms with E-state index in [-0.39, 0.29) is 27.4 Å². The Kier molecular flexibility index (Phi) is 5.19. The molecular formula is C11H12BrClO4S. The molecule has 0 amide bonds. The number of carbonyl (C=O) groups is 1. The third-order valence-electron chi connectivity index (χ3n) is 2.23. The molecule has 0 aliphatic heterocycles. The minimum Gasteiger partial charge on any atom is -0.462 e. The van der Waals surface area contributed by atoms with Gasteiger partial charge in [-0.3, -0.25) is 0 Å². The first-order valence-electron chi connectivity index (χ1n) is 5.07. The molecule has 0 fully saturated rings. The second-order valence-corrected chi connectivity index (χ2v) is 6.45. The summed E-state index contributed by atoms with van der Waals surface area (Å²) in [7, 11) is -3.39. The first-order chi connectivity index (χ1) is 8.32. The van der Waals surface area contributed by atoms with E-state index in [1.54, 1.807) is 6.92 Å². The number of sulfone groups is 1. The molecule has 0 bridgehead atoms. The topological polar surface area (TPSA) is 60.4 Å². The van der Waals surface area contributed by atoms with Gasteiger partial charge >= 0.3 is 5.97 Å². The molecule has 0 atom stereocenters. The number of esters is 1. The highest BCUT2D eigenvalue weighted by atomic mass is 79.9. The molecule has 0 aromatic heterocycles. The van der Waals surface area contributed by atoms with Gasteiger partial charge in [-0.25, -0.2) is 13.2 Å². The quantitative estimate of drug-likeness (QED) is 0.615. The zero-order valence-corrected chi connectivity index (χ0v) is 13.0. The van der Waals surface area contributed by atoms with Crippen LogP contribution in [-0.4, -0.2) is 27.2 Å². The molecule has 0 spiro atoms. The Balaban J connectivity index is 3.43. The van der Waals surface area contributed by atoms with Gasteiger partial charge in [0.15, 0.2) is 9.84 Å². The predicted octanol–water partition coefficient (Wildman–Crippen LogP) is 2.82. The molecule has 0 heterocycles. The number of halogens is 2. The van der Waals surface area contributed by atoms with Gasteiger partial charge in [0.1, 0.15) is 0 Å². The molecular weight excluding hydrogens is 344 g/mol. The van der Waals surface area contributed by atoms with E-state index in [0.717, 1.165) is 6.26 Å². The zero-order chi connectivity index (χ0) is 13.9. The number of ether oxygens (including phenoxy) is 1. The molecule has 100 valence electrons. The Hall–Kier alpha value is -0.590. The number of benzene rings is 1. The fourth-order valence-corrected chi connectivity index (χ4v) is 3.67. The molecule has 4 nitrogen and oxygen atoms in total. The van der Waals surface area contributed by atoms with Crippen molar-refractivity contribution in [2.24, 2.45) is 0 Å². The Morgan fingerprint density at radius 2 is 2.06 bits per heavy atom. The average Bonchev–Trinajstić information content (AvgIpc) is 2.27. The monoisotopic (exact) mass is 354 g/mol. The van der Waals surface area contributed by atoms with E-state index in [9.17, 15) is 13.2 Å². The van der Waals surface area contributed by atoms with E-state index < -0.39 is 15.8 Å². The van der Waals surface area contributed by atoms with E-state index in [1.807, 2.05) is 0 Å². The Bertz CT molecular complexity index is 569. The normalized spacial score (nSPS) is 11.3. The molecule has 1 rings (SSSR count). The van der Waals surface area contributed by atoms with Crippen LogP contribution in [0, 0.1) is 0 Å². The van der Waals surface area contributed by atoms with Crippen molar-refractivity contribution in [2.75, 3.05) is 12.9 Å². The summed E-state index contributed by atoms with van der Waals surface area (Å²) in [5.74, 6) is -0.565. The first-order valence-corrected chi connectivity index (χ1v) is 8.46. The number of carbonyl (C=O) groups excluding carboxylic acids is 1. The lowest BCUT2D eigenvalue weighted by Crippen LogP contribution is -2.09. The van der Waals surface area contributed by atoms with Crippen LogP contribution in [0.1, 0.15) is 22.8 Å². The van der Waals surface area contributed by atoms with Gasteiger partial charge in [0.05, 0.1) is 22.1 Å². The maximum atomic E-state index is 11.6. The Morgan fingerprint density at radius 1 is 1.44 bits per heavy atom. The first kappa shape index (κ1) is 15.5. The van der Waals surface area contributed by atoms with Gasteiger partial charge < -0.3 is 4.74 Å². The van der Waals surface area contributed by atoms with Gasteiger partial charge in [-0.1, -0.05) is 27.5 Å². The zero-order valence-electron chi connectivity index (χ0n) is 9.87. The fourth-order valence-electron chi connectivity index (χ4n) is 1.44. The van der Waals surface area contributed by atoms with Crippen molar-refractivity contribution in [3.63, 3.8) is 0 Å². The molecule has 0 saturated carbocycles. The lowest BCUT2D eigenvalue weighted by molar-refractivity contribution is 0.0526. The van der Waals surface area contributed by atoms with Crippen LogP contribution in [0.5, 0.6) is 0 Å². The Morgan fingerprint density at radius 3 is 2.50 bits per heavy atom. The number of hydrogen-bond acceptors (Lipinski definition) is 4. The largest absolute Gasteiger partial charge is 0.462 e. The van der Waals surface area contributed by atoms with E-state index >= 15 is 0 Å². The van der Waals surface area contributed by atoms with Gasteiger partial charge in [0.2, 0.25) is 0 Å². The molecule has 0 radical (unpaired) electrons. The highest BCUT2D eigenvalue weighted by molar-refractivity contribution is 9.08. The van der Waals surface area contributed by atoms with Crippen LogP contribution in [0.4, 0.5) is 0 Å². The van der Waals surface area contributed by atoms with E-state index in [1.165, 1.54) is 12.1 Å². The smallest absolute Gasteiger partial charge is 0.339 e. The molecule has 0 saturated heterocycles. The lowest BCUT2D eigenvalue weighted by atomic mass is 10.1. The second-order valence-electron chi connectivity index (χ2n) is 3.53. The maximum Gasteiger partial charge on any atom is 0.339 e. The van der Waals surface area contributed by atoms with Crippen LogP contribution >= 0.6 is 27.5 Å². The van der Waals surface area contributed by atoms with Crippen LogP contribution < -0.4 is 0 Å².